The van der Waals surface area contributed by atoms with Crippen molar-refractivity contribution in [3.63, 3.8) is 0 Å². The SMILES string of the molecule is Fc1cccc(-c2ccc(C(F)(F)F)nc2F)c1F. The highest BCUT2D eigenvalue weighted by atomic mass is 19.4. The van der Waals surface area contributed by atoms with Gasteiger partial charge >= 0.3 is 6.18 Å². The summed E-state index contributed by atoms with van der Waals surface area (Å²) in [6.07, 6.45) is -4.81. The van der Waals surface area contributed by atoms with Crippen LogP contribution in [0.2, 0.25) is 0 Å². The van der Waals surface area contributed by atoms with Gasteiger partial charge in [0.15, 0.2) is 11.6 Å². The number of rotatable bonds is 1. The van der Waals surface area contributed by atoms with E-state index in [2.05, 4.69) is 4.98 Å². The molecule has 0 amide bonds. The van der Waals surface area contributed by atoms with Crippen molar-refractivity contribution in [2.75, 3.05) is 0 Å². The van der Waals surface area contributed by atoms with Gasteiger partial charge in [0.2, 0.25) is 5.95 Å². The molecule has 0 bridgehead atoms. The normalized spacial score (nSPS) is 11.7. The van der Waals surface area contributed by atoms with Gasteiger partial charge in [-0.3, -0.25) is 0 Å². The molecule has 0 saturated carbocycles. The molecule has 0 unspecified atom stereocenters. The predicted molar refractivity (Wildman–Crippen MR) is 54.5 cm³/mol. The molecule has 19 heavy (non-hydrogen) atoms. The molecule has 1 heterocycles. The summed E-state index contributed by atoms with van der Waals surface area (Å²) in [5.74, 6) is -4.08. The number of aromatic nitrogens is 1. The first-order valence-electron chi connectivity index (χ1n) is 4.99. The third-order valence-corrected chi connectivity index (χ3v) is 2.38. The smallest absolute Gasteiger partial charge is 0.215 e. The van der Waals surface area contributed by atoms with Crippen LogP contribution in [0.25, 0.3) is 11.1 Å². The largest absolute Gasteiger partial charge is 0.433 e. The molecule has 0 saturated heterocycles. The number of hydrogen-bond donors (Lipinski definition) is 0. The highest BCUT2D eigenvalue weighted by molar-refractivity contribution is 5.64. The van der Waals surface area contributed by atoms with E-state index in [4.69, 9.17) is 0 Å². The molecule has 0 aliphatic carbocycles. The molecule has 0 atom stereocenters. The van der Waals surface area contributed by atoms with E-state index in [1.54, 1.807) is 0 Å². The van der Waals surface area contributed by atoms with Crippen LogP contribution in [0.15, 0.2) is 30.3 Å². The van der Waals surface area contributed by atoms with Crippen LogP contribution in [-0.4, -0.2) is 4.98 Å². The Kier molecular flexibility index (Phi) is 3.21. The van der Waals surface area contributed by atoms with E-state index in [0.29, 0.717) is 12.1 Å². The van der Waals surface area contributed by atoms with Gasteiger partial charge in [-0.1, -0.05) is 12.1 Å². The third kappa shape index (κ3) is 2.54. The summed E-state index contributed by atoms with van der Waals surface area (Å²) >= 11 is 0. The van der Waals surface area contributed by atoms with Gasteiger partial charge < -0.3 is 0 Å². The second-order valence-electron chi connectivity index (χ2n) is 3.63. The van der Waals surface area contributed by atoms with E-state index in [1.807, 2.05) is 0 Å². The first-order chi connectivity index (χ1) is 8.80. The zero-order valence-corrected chi connectivity index (χ0v) is 9.10. The minimum absolute atomic E-state index is 0.487. The molecule has 0 aliphatic rings. The Morgan fingerprint density at radius 1 is 0.842 bits per heavy atom. The van der Waals surface area contributed by atoms with Crippen LogP contribution in [-0.2, 0) is 6.18 Å². The Bertz CT molecular complexity index is 620. The minimum atomic E-state index is -4.81. The maximum atomic E-state index is 13.5. The maximum absolute atomic E-state index is 13.5. The second kappa shape index (κ2) is 4.56. The summed E-state index contributed by atoms with van der Waals surface area (Å²) in [5, 5.41) is 0. The molecule has 2 rings (SSSR count). The van der Waals surface area contributed by atoms with Gasteiger partial charge in [0.05, 0.1) is 0 Å². The highest BCUT2D eigenvalue weighted by Gasteiger charge is 2.33. The summed E-state index contributed by atoms with van der Waals surface area (Å²) in [7, 11) is 0. The number of alkyl halides is 3. The first kappa shape index (κ1) is 13.4. The molecule has 0 fully saturated rings. The molecule has 1 aromatic carbocycles. The van der Waals surface area contributed by atoms with Crippen LogP contribution in [0.3, 0.4) is 0 Å². The fourth-order valence-electron chi connectivity index (χ4n) is 1.50. The van der Waals surface area contributed by atoms with Crippen LogP contribution < -0.4 is 0 Å². The average Bonchev–Trinajstić information content (AvgIpc) is 2.32. The van der Waals surface area contributed by atoms with Crippen LogP contribution >= 0.6 is 0 Å². The number of hydrogen-bond acceptors (Lipinski definition) is 1. The lowest BCUT2D eigenvalue weighted by Crippen LogP contribution is -2.09. The van der Waals surface area contributed by atoms with Crippen molar-refractivity contribution in [3.05, 3.63) is 53.6 Å². The quantitative estimate of drug-likeness (QED) is 0.562. The maximum Gasteiger partial charge on any atom is 0.433 e. The van der Waals surface area contributed by atoms with Crippen LogP contribution in [0.1, 0.15) is 5.69 Å². The Balaban J connectivity index is 2.56. The predicted octanol–water partition coefficient (Wildman–Crippen LogP) is 4.18. The highest BCUT2D eigenvalue weighted by Crippen LogP contribution is 2.31. The summed E-state index contributed by atoms with van der Waals surface area (Å²) in [5.41, 5.74) is -2.46. The number of benzene rings is 1. The van der Waals surface area contributed by atoms with Crippen LogP contribution in [0.5, 0.6) is 0 Å². The van der Waals surface area contributed by atoms with Crippen molar-refractivity contribution in [1.29, 1.82) is 0 Å². The second-order valence-corrected chi connectivity index (χ2v) is 3.63. The molecule has 2 aromatic rings. The van der Waals surface area contributed by atoms with Gasteiger partial charge in [0.1, 0.15) is 5.69 Å². The van der Waals surface area contributed by atoms with E-state index in [9.17, 15) is 26.3 Å². The topological polar surface area (TPSA) is 12.9 Å². The Morgan fingerprint density at radius 3 is 2.11 bits per heavy atom. The molecule has 1 nitrogen and oxygen atoms in total. The molecular weight excluding hydrogens is 272 g/mol. The third-order valence-electron chi connectivity index (χ3n) is 2.38. The van der Waals surface area contributed by atoms with E-state index >= 15 is 0 Å². The lowest BCUT2D eigenvalue weighted by molar-refractivity contribution is -0.141. The van der Waals surface area contributed by atoms with Crippen LogP contribution in [0.4, 0.5) is 26.3 Å². The zero-order valence-electron chi connectivity index (χ0n) is 9.10. The van der Waals surface area contributed by atoms with Gasteiger partial charge in [-0.2, -0.15) is 17.6 Å². The lowest BCUT2D eigenvalue weighted by atomic mass is 10.1. The number of halogens is 6. The number of pyridine rings is 1. The van der Waals surface area contributed by atoms with Crippen molar-refractivity contribution in [2.24, 2.45) is 0 Å². The van der Waals surface area contributed by atoms with Gasteiger partial charge in [0.25, 0.3) is 0 Å². The summed E-state index contributed by atoms with van der Waals surface area (Å²) < 4.78 is 76.7. The fraction of sp³-hybridized carbons (Fsp3) is 0.0833. The zero-order chi connectivity index (χ0) is 14.2. The molecule has 0 spiro atoms. The Labute approximate surface area is 103 Å². The molecule has 100 valence electrons. The average molecular weight is 277 g/mol. The van der Waals surface area contributed by atoms with Crippen molar-refractivity contribution >= 4 is 0 Å². The van der Waals surface area contributed by atoms with Gasteiger partial charge in [0, 0.05) is 11.1 Å². The molecule has 7 heteroatoms. The van der Waals surface area contributed by atoms with Gasteiger partial charge in [-0.15, -0.1) is 0 Å². The van der Waals surface area contributed by atoms with Crippen molar-refractivity contribution in [2.45, 2.75) is 6.18 Å². The fourth-order valence-corrected chi connectivity index (χ4v) is 1.50. The molecular formula is C12H5F6N. The van der Waals surface area contributed by atoms with Gasteiger partial charge in [-0.25, -0.2) is 13.8 Å². The van der Waals surface area contributed by atoms with Gasteiger partial charge in [-0.05, 0) is 18.2 Å². The van der Waals surface area contributed by atoms with E-state index in [1.165, 1.54) is 0 Å². The van der Waals surface area contributed by atoms with Crippen molar-refractivity contribution in [3.8, 4) is 11.1 Å². The van der Waals surface area contributed by atoms with E-state index < -0.39 is 40.6 Å². The van der Waals surface area contributed by atoms with E-state index in [0.717, 1.165) is 18.2 Å². The summed E-state index contributed by atoms with van der Waals surface area (Å²) in [6, 6.07) is 4.19. The lowest BCUT2D eigenvalue weighted by Gasteiger charge is -2.09. The number of nitrogens with zero attached hydrogens (tertiary/aromatic N) is 1. The summed E-state index contributed by atoms with van der Waals surface area (Å²) in [4.78, 5) is 2.71. The molecule has 0 radical (unpaired) electrons. The Hall–Kier alpha value is -2.05. The molecule has 1 aromatic heterocycles. The van der Waals surface area contributed by atoms with Crippen molar-refractivity contribution in [1.82, 2.24) is 4.98 Å². The standard InChI is InChI=1S/C12H5F6N/c13-8-3-1-2-6(10(8)14)7-4-5-9(12(16,17)18)19-11(7)15/h1-5H. The summed E-state index contributed by atoms with van der Waals surface area (Å²) in [6.45, 7) is 0. The molecule has 0 aliphatic heterocycles. The van der Waals surface area contributed by atoms with Crippen LogP contribution in [0, 0.1) is 17.6 Å². The monoisotopic (exact) mass is 277 g/mol. The van der Waals surface area contributed by atoms with E-state index in [-0.39, 0.29) is 0 Å². The minimum Gasteiger partial charge on any atom is -0.215 e. The Morgan fingerprint density at radius 2 is 1.53 bits per heavy atom. The molecule has 0 N–H and O–H groups in total. The first-order valence-corrected chi connectivity index (χ1v) is 4.99. The van der Waals surface area contributed by atoms with Crippen molar-refractivity contribution < 1.29 is 26.3 Å².